The highest BCUT2D eigenvalue weighted by Crippen LogP contribution is 2.37. The number of nitrogens with zero attached hydrogens (tertiary/aromatic N) is 1. The number of ether oxygens (including phenoxy) is 2. The van der Waals surface area contributed by atoms with E-state index in [1.165, 1.54) is 18.2 Å². The second-order valence-corrected chi connectivity index (χ2v) is 8.57. The Kier molecular flexibility index (Phi) is 8.18. The van der Waals surface area contributed by atoms with Crippen LogP contribution < -0.4 is 10.1 Å². The zero-order valence-electron chi connectivity index (χ0n) is 17.9. The van der Waals surface area contributed by atoms with Gasteiger partial charge in [0.15, 0.2) is 6.61 Å². The molecule has 0 aliphatic carbocycles. The largest absolute Gasteiger partial charge is 0.483 e. The van der Waals surface area contributed by atoms with Crippen molar-refractivity contribution in [2.45, 2.75) is 20.3 Å². The predicted molar refractivity (Wildman–Crippen MR) is 130 cm³/mol. The van der Waals surface area contributed by atoms with Gasteiger partial charge in [0, 0.05) is 23.1 Å². The molecule has 8 nitrogen and oxygen atoms in total. The van der Waals surface area contributed by atoms with Crippen LogP contribution in [0.1, 0.15) is 29.8 Å². The van der Waals surface area contributed by atoms with Crippen molar-refractivity contribution in [3.63, 3.8) is 0 Å². The highest BCUT2D eigenvalue weighted by atomic mass is 79.9. The molecule has 3 aromatic rings. The third-order valence-electron chi connectivity index (χ3n) is 4.65. The number of nitro groups is 1. The van der Waals surface area contributed by atoms with E-state index in [2.05, 4.69) is 21.2 Å². The highest BCUT2D eigenvalue weighted by Gasteiger charge is 2.24. The highest BCUT2D eigenvalue weighted by molar-refractivity contribution is 9.10. The predicted octanol–water partition coefficient (Wildman–Crippen LogP) is 5.84. The first-order valence-corrected chi connectivity index (χ1v) is 11.8. The summed E-state index contributed by atoms with van der Waals surface area (Å²) >= 11 is 4.56. The minimum Gasteiger partial charge on any atom is -0.483 e. The maximum atomic E-state index is 12.7. The number of nitrogens with one attached hydrogen (secondary N) is 1. The van der Waals surface area contributed by atoms with Gasteiger partial charge in [-0.05, 0) is 52.5 Å². The molecule has 0 unspecified atom stereocenters. The molecule has 0 spiro atoms. The number of hydrogen-bond acceptors (Lipinski definition) is 7. The summed E-state index contributed by atoms with van der Waals surface area (Å²) in [5.74, 6) is -0.565. The summed E-state index contributed by atoms with van der Waals surface area (Å²) < 4.78 is 11.5. The second kappa shape index (κ2) is 11.1. The molecule has 33 heavy (non-hydrogen) atoms. The van der Waals surface area contributed by atoms with E-state index in [0.29, 0.717) is 16.9 Å². The van der Waals surface area contributed by atoms with Crippen molar-refractivity contribution in [2.75, 3.05) is 18.5 Å². The van der Waals surface area contributed by atoms with E-state index in [1.54, 1.807) is 24.4 Å². The number of halogens is 1. The number of non-ortho nitro benzene ring substituents is 1. The van der Waals surface area contributed by atoms with E-state index >= 15 is 0 Å². The topological polar surface area (TPSA) is 108 Å². The lowest BCUT2D eigenvalue weighted by molar-refractivity contribution is -0.384. The van der Waals surface area contributed by atoms with Gasteiger partial charge < -0.3 is 14.8 Å². The molecule has 0 atom stereocenters. The Morgan fingerprint density at radius 3 is 2.64 bits per heavy atom. The Labute approximate surface area is 202 Å². The van der Waals surface area contributed by atoms with Crippen molar-refractivity contribution in [2.24, 2.45) is 0 Å². The molecule has 0 fully saturated rings. The van der Waals surface area contributed by atoms with Crippen LogP contribution in [0.2, 0.25) is 0 Å². The molecule has 0 saturated carbocycles. The van der Waals surface area contributed by atoms with E-state index in [4.69, 9.17) is 9.47 Å². The van der Waals surface area contributed by atoms with Crippen LogP contribution in [-0.2, 0) is 16.0 Å². The Morgan fingerprint density at radius 1 is 1.18 bits per heavy atom. The monoisotopic (exact) mass is 532 g/mol. The lowest BCUT2D eigenvalue weighted by atomic mass is 10.0. The number of carbonyl (C=O) groups is 2. The van der Waals surface area contributed by atoms with Crippen molar-refractivity contribution in [1.82, 2.24) is 0 Å². The summed E-state index contributed by atoms with van der Waals surface area (Å²) in [6.45, 7) is 3.59. The fourth-order valence-electron chi connectivity index (χ4n) is 3.04. The molecule has 1 heterocycles. The molecule has 1 amide bonds. The lowest BCUT2D eigenvalue weighted by Gasteiger charge is -2.11. The number of rotatable bonds is 9. The van der Waals surface area contributed by atoms with Crippen LogP contribution in [0.3, 0.4) is 0 Å². The average Bonchev–Trinajstić information content (AvgIpc) is 3.22. The van der Waals surface area contributed by atoms with E-state index in [-0.39, 0.29) is 29.5 Å². The first-order chi connectivity index (χ1) is 15.8. The maximum absolute atomic E-state index is 12.7. The summed E-state index contributed by atoms with van der Waals surface area (Å²) in [6.07, 6.45) is 0.876. The van der Waals surface area contributed by atoms with Crippen LogP contribution in [0, 0.1) is 10.1 Å². The number of thiophene rings is 1. The molecule has 1 aromatic heterocycles. The molecule has 0 bridgehead atoms. The lowest BCUT2D eigenvalue weighted by Crippen LogP contribution is -2.21. The van der Waals surface area contributed by atoms with Gasteiger partial charge in [0.05, 0.1) is 16.0 Å². The number of nitro benzene ring substituents is 1. The van der Waals surface area contributed by atoms with Gasteiger partial charge in [0.2, 0.25) is 0 Å². The Morgan fingerprint density at radius 2 is 1.97 bits per heavy atom. The van der Waals surface area contributed by atoms with E-state index in [0.717, 1.165) is 27.8 Å². The standard InChI is InChI=1S/C23H21BrN2O6S/c1-3-14-8-9-19(18(24)10-14)32-12-20(27)25-22-21(23(28)31-4-2)17(13-33-22)15-6-5-7-16(11-15)26(29)30/h5-11,13H,3-4,12H2,1-2H3,(H,25,27). The smallest absolute Gasteiger partial charge is 0.341 e. The average molecular weight is 533 g/mol. The zero-order valence-corrected chi connectivity index (χ0v) is 20.3. The summed E-state index contributed by atoms with van der Waals surface area (Å²) in [5, 5.41) is 15.8. The third kappa shape index (κ3) is 5.96. The molecular weight excluding hydrogens is 512 g/mol. The fourth-order valence-corrected chi connectivity index (χ4v) is 4.56. The first kappa shape index (κ1) is 24.4. The van der Waals surface area contributed by atoms with Crippen LogP contribution in [0.5, 0.6) is 5.75 Å². The Bertz CT molecular complexity index is 1190. The molecular formula is C23H21BrN2O6S. The number of carbonyl (C=O) groups excluding carboxylic acids is 2. The van der Waals surface area contributed by atoms with Gasteiger partial charge in [-0.15, -0.1) is 11.3 Å². The van der Waals surface area contributed by atoms with Gasteiger partial charge in [-0.25, -0.2) is 4.79 Å². The normalized spacial score (nSPS) is 10.5. The molecule has 2 aromatic carbocycles. The van der Waals surface area contributed by atoms with Crippen molar-refractivity contribution >= 4 is 49.8 Å². The van der Waals surface area contributed by atoms with Gasteiger partial charge in [-0.1, -0.05) is 25.1 Å². The van der Waals surface area contributed by atoms with Gasteiger partial charge in [0.25, 0.3) is 11.6 Å². The summed E-state index contributed by atoms with van der Waals surface area (Å²) in [5.41, 5.74) is 2.08. The third-order valence-corrected chi connectivity index (χ3v) is 6.17. The molecule has 10 heteroatoms. The number of aryl methyl sites for hydroxylation is 1. The minimum atomic E-state index is -0.630. The first-order valence-electron chi connectivity index (χ1n) is 10.1. The van der Waals surface area contributed by atoms with E-state index < -0.39 is 16.8 Å². The van der Waals surface area contributed by atoms with Crippen molar-refractivity contribution in [3.8, 4) is 16.9 Å². The molecule has 0 aliphatic heterocycles. The number of hydrogen-bond donors (Lipinski definition) is 1. The molecule has 0 radical (unpaired) electrons. The fraction of sp³-hybridized carbons (Fsp3) is 0.217. The summed E-state index contributed by atoms with van der Waals surface area (Å²) in [4.78, 5) is 35.9. The van der Waals surface area contributed by atoms with Crippen molar-refractivity contribution < 1.29 is 24.0 Å². The van der Waals surface area contributed by atoms with Crippen molar-refractivity contribution in [1.29, 1.82) is 0 Å². The van der Waals surface area contributed by atoms with Gasteiger partial charge in [0.1, 0.15) is 16.3 Å². The zero-order chi connectivity index (χ0) is 24.0. The summed E-state index contributed by atoms with van der Waals surface area (Å²) in [7, 11) is 0. The number of amides is 1. The minimum absolute atomic E-state index is 0.104. The van der Waals surface area contributed by atoms with Crippen LogP contribution in [-0.4, -0.2) is 30.0 Å². The number of anilines is 1. The number of benzene rings is 2. The van der Waals surface area contributed by atoms with Crippen LogP contribution in [0.25, 0.3) is 11.1 Å². The number of esters is 1. The molecule has 172 valence electrons. The molecule has 3 rings (SSSR count). The van der Waals surface area contributed by atoms with Gasteiger partial charge >= 0.3 is 5.97 Å². The van der Waals surface area contributed by atoms with Gasteiger partial charge in [-0.3, -0.25) is 14.9 Å². The summed E-state index contributed by atoms with van der Waals surface area (Å²) in [6, 6.07) is 11.6. The van der Waals surface area contributed by atoms with E-state index in [9.17, 15) is 19.7 Å². The van der Waals surface area contributed by atoms with Crippen LogP contribution in [0.4, 0.5) is 10.7 Å². The second-order valence-electron chi connectivity index (χ2n) is 6.84. The van der Waals surface area contributed by atoms with Crippen LogP contribution >= 0.6 is 27.3 Å². The van der Waals surface area contributed by atoms with Crippen molar-refractivity contribution in [3.05, 3.63) is 73.6 Å². The van der Waals surface area contributed by atoms with E-state index in [1.807, 2.05) is 19.1 Å². The van der Waals surface area contributed by atoms with Gasteiger partial charge in [-0.2, -0.15) is 0 Å². The Balaban J connectivity index is 1.82. The Hall–Kier alpha value is -3.24. The maximum Gasteiger partial charge on any atom is 0.341 e. The SMILES string of the molecule is CCOC(=O)c1c(-c2cccc([N+](=O)[O-])c2)csc1NC(=O)COc1ccc(CC)cc1Br. The molecule has 1 N–H and O–H groups in total. The molecule has 0 aliphatic rings. The molecule has 0 saturated heterocycles. The quantitative estimate of drug-likeness (QED) is 0.210. The van der Waals surface area contributed by atoms with Crippen LogP contribution in [0.15, 0.2) is 52.3 Å².